The molecule has 9 rings (SSSR count). The third kappa shape index (κ3) is 4.32. The van der Waals surface area contributed by atoms with Crippen LogP contribution < -0.4 is 4.57 Å². The molecule has 4 heterocycles. The van der Waals surface area contributed by atoms with Crippen molar-refractivity contribution in [1.82, 2.24) is 9.55 Å². The highest BCUT2D eigenvalue weighted by atomic mass is 16.3. The molecule has 9 aromatic rings. The molecule has 0 saturated carbocycles. The molecular formula is C45H40N3O2+. The maximum absolute atomic E-state index is 8.44. The summed E-state index contributed by atoms with van der Waals surface area (Å²) < 4.78 is 43.2. The van der Waals surface area contributed by atoms with E-state index < -0.39 is 6.85 Å². The molecule has 0 fully saturated rings. The van der Waals surface area contributed by atoms with Gasteiger partial charge in [0.25, 0.3) is 5.82 Å². The van der Waals surface area contributed by atoms with Gasteiger partial charge in [0.1, 0.15) is 22.4 Å². The van der Waals surface area contributed by atoms with Gasteiger partial charge in [-0.05, 0) is 78.7 Å². The molecule has 0 bridgehead atoms. The van der Waals surface area contributed by atoms with E-state index in [0.717, 1.165) is 38.8 Å². The van der Waals surface area contributed by atoms with E-state index in [-0.39, 0.29) is 23.1 Å². The van der Waals surface area contributed by atoms with Gasteiger partial charge in [-0.2, -0.15) is 4.57 Å². The van der Waals surface area contributed by atoms with Gasteiger partial charge in [0.15, 0.2) is 27.8 Å². The van der Waals surface area contributed by atoms with Crippen LogP contribution in [-0.4, -0.2) is 9.55 Å². The second kappa shape index (κ2) is 11.2. The Kier molecular flexibility index (Phi) is 6.07. The van der Waals surface area contributed by atoms with Crippen LogP contribution in [-0.2, 0) is 7.05 Å². The fraction of sp³-hybridized carbons (Fsp3) is 0.200. The minimum Gasteiger partial charge on any atom is -0.454 e. The number of nitrogens with zero attached hydrogens (tertiary/aromatic N) is 3. The SMILES string of the molecule is [2H]C([2H])([2H])c1nc2c3ccc(C)c(-c4n(-c5c(C(C)C)cc(-c6ccccc6)cc5C(C)C)c5ccccc5[n+]4C)c3oc2c2c1oc1ccccc12. The van der Waals surface area contributed by atoms with Gasteiger partial charge in [0.2, 0.25) is 0 Å². The van der Waals surface area contributed by atoms with Crippen molar-refractivity contribution < 1.29 is 17.5 Å². The Morgan fingerprint density at radius 2 is 1.42 bits per heavy atom. The average molecular weight is 658 g/mol. The van der Waals surface area contributed by atoms with Crippen LogP contribution in [0.4, 0.5) is 0 Å². The molecule has 0 aliphatic rings. The minimum atomic E-state index is -2.50. The predicted octanol–water partition coefficient (Wildman–Crippen LogP) is 11.8. The van der Waals surface area contributed by atoms with Crippen molar-refractivity contribution in [1.29, 1.82) is 0 Å². The monoisotopic (exact) mass is 657 g/mol. The topological polar surface area (TPSA) is 48.0 Å². The highest BCUT2D eigenvalue weighted by Crippen LogP contribution is 2.45. The second-order valence-electron chi connectivity index (χ2n) is 14.1. The number of benzene rings is 5. The smallest absolute Gasteiger partial charge is 0.299 e. The summed E-state index contributed by atoms with van der Waals surface area (Å²) in [5.41, 5.74) is 12.6. The van der Waals surface area contributed by atoms with Crippen molar-refractivity contribution in [2.75, 3.05) is 0 Å². The number of hydrogen-bond donors (Lipinski definition) is 0. The van der Waals surface area contributed by atoms with E-state index >= 15 is 0 Å². The van der Waals surface area contributed by atoms with E-state index in [1.165, 1.54) is 27.9 Å². The first-order valence-corrected chi connectivity index (χ1v) is 17.3. The summed E-state index contributed by atoms with van der Waals surface area (Å²) in [6.07, 6.45) is 0. The Hall–Kier alpha value is -5.68. The summed E-state index contributed by atoms with van der Waals surface area (Å²) >= 11 is 0. The van der Waals surface area contributed by atoms with Gasteiger partial charge in [-0.3, -0.25) is 0 Å². The van der Waals surface area contributed by atoms with Gasteiger partial charge in [-0.1, -0.05) is 94.4 Å². The van der Waals surface area contributed by atoms with Crippen LogP contribution in [0.5, 0.6) is 0 Å². The molecule has 5 aromatic carbocycles. The van der Waals surface area contributed by atoms with Crippen molar-refractivity contribution in [3.05, 3.63) is 126 Å². The molecule has 0 unspecified atom stereocenters. The van der Waals surface area contributed by atoms with E-state index in [1.807, 2.05) is 30.3 Å². The lowest BCUT2D eigenvalue weighted by atomic mass is 9.88. The largest absolute Gasteiger partial charge is 0.454 e. The fourth-order valence-corrected chi connectivity index (χ4v) is 7.84. The molecule has 4 aromatic heterocycles. The lowest BCUT2D eigenvalue weighted by molar-refractivity contribution is -0.633. The van der Waals surface area contributed by atoms with Crippen molar-refractivity contribution in [3.63, 3.8) is 0 Å². The summed E-state index contributed by atoms with van der Waals surface area (Å²) in [7, 11) is 2.12. The first-order valence-electron chi connectivity index (χ1n) is 18.8. The molecule has 0 atom stereocenters. The summed E-state index contributed by atoms with van der Waals surface area (Å²) in [4.78, 5) is 4.82. The van der Waals surface area contributed by atoms with E-state index in [1.54, 1.807) is 0 Å². The van der Waals surface area contributed by atoms with Gasteiger partial charge < -0.3 is 8.83 Å². The molecule has 0 amide bonds. The van der Waals surface area contributed by atoms with Crippen LogP contribution in [0.25, 0.3) is 83.2 Å². The number of hydrogen-bond acceptors (Lipinski definition) is 3. The van der Waals surface area contributed by atoms with Gasteiger partial charge in [0.05, 0.1) is 18.1 Å². The van der Waals surface area contributed by atoms with E-state index in [2.05, 4.69) is 124 Å². The molecule has 0 saturated heterocycles. The van der Waals surface area contributed by atoms with Gasteiger partial charge in [-0.25, -0.2) is 9.55 Å². The molecule has 246 valence electrons. The van der Waals surface area contributed by atoms with Crippen molar-refractivity contribution in [2.24, 2.45) is 7.05 Å². The molecular weight excluding hydrogens is 615 g/mol. The van der Waals surface area contributed by atoms with Crippen molar-refractivity contribution in [2.45, 2.75) is 53.3 Å². The zero-order valence-corrected chi connectivity index (χ0v) is 29.1. The summed E-state index contributed by atoms with van der Waals surface area (Å²) in [6.45, 7) is 8.68. The minimum absolute atomic E-state index is 0.0673. The Labute approximate surface area is 295 Å². The Bertz CT molecular complexity index is 2880. The number of aryl methyl sites for hydroxylation is 3. The first kappa shape index (κ1) is 27.2. The lowest BCUT2D eigenvalue weighted by Gasteiger charge is -2.21. The van der Waals surface area contributed by atoms with Crippen molar-refractivity contribution in [3.8, 4) is 28.2 Å². The summed E-state index contributed by atoms with van der Waals surface area (Å²) in [6, 6.07) is 35.6. The fourth-order valence-electron chi connectivity index (χ4n) is 7.84. The highest BCUT2D eigenvalue weighted by molar-refractivity contribution is 6.22. The van der Waals surface area contributed by atoms with E-state index in [9.17, 15) is 0 Å². The third-order valence-electron chi connectivity index (χ3n) is 10.3. The number of fused-ring (bicyclic) bond motifs is 8. The van der Waals surface area contributed by atoms with Crippen LogP contribution in [0.2, 0.25) is 0 Å². The van der Waals surface area contributed by atoms with Crippen molar-refractivity contribution >= 4 is 55.0 Å². The molecule has 0 spiro atoms. The van der Waals surface area contributed by atoms with Crippen LogP contribution in [0.1, 0.15) is 66.0 Å². The standard InChI is InChI=1S/C45H40N3O2/c1-25(2)33-23-30(29-15-9-8-10-16-29)24-34(26(3)4)41(33)48-36-19-13-12-18-35(36)47(7)45(48)38-27(5)21-22-32-40-44(50-43(32)38)39-31-17-11-14-20-37(31)49-42(39)28(6)46-40/h8-26H,1-7H3/q+1/i6D3. The molecule has 0 aliphatic heterocycles. The first-order chi connectivity index (χ1) is 25.4. The van der Waals surface area contributed by atoms with Crippen LogP contribution in [0.3, 0.4) is 0 Å². The number of aromatic nitrogens is 3. The number of furan rings is 2. The number of imidazole rings is 1. The molecule has 0 aliphatic carbocycles. The van der Waals surface area contributed by atoms with Gasteiger partial charge in [-0.15, -0.1) is 0 Å². The second-order valence-corrected chi connectivity index (χ2v) is 14.1. The zero-order valence-electron chi connectivity index (χ0n) is 32.1. The number of rotatable bonds is 5. The average Bonchev–Trinajstić information content (AvgIpc) is 3.80. The van der Waals surface area contributed by atoms with Gasteiger partial charge in [0, 0.05) is 26.0 Å². The summed E-state index contributed by atoms with van der Waals surface area (Å²) in [5.74, 6) is 1.41. The lowest BCUT2D eigenvalue weighted by Crippen LogP contribution is -2.30. The zero-order chi connectivity index (χ0) is 36.9. The normalized spacial score (nSPS) is 13.4. The third-order valence-corrected chi connectivity index (χ3v) is 10.3. The van der Waals surface area contributed by atoms with E-state index in [0.29, 0.717) is 27.7 Å². The molecule has 5 heteroatoms. The molecule has 5 nitrogen and oxygen atoms in total. The van der Waals surface area contributed by atoms with Crippen LogP contribution >= 0.6 is 0 Å². The number of para-hydroxylation sites is 3. The molecule has 50 heavy (non-hydrogen) atoms. The van der Waals surface area contributed by atoms with Crippen LogP contribution in [0, 0.1) is 13.8 Å². The molecule has 0 N–H and O–H groups in total. The van der Waals surface area contributed by atoms with Crippen LogP contribution in [0.15, 0.2) is 112 Å². The van der Waals surface area contributed by atoms with E-state index in [4.69, 9.17) is 17.9 Å². The predicted molar refractivity (Wildman–Crippen MR) is 205 cm³/mol. The maximum Gasteiger partial charge on any atom is 0.299 e. The van der Waals surface area contributed by atoms with Gasteiger partial charge >= 0.3 is 0 Å². The quantitative estimate of drug-likeness (QED) is 0.173. The maximum atomic E-state index is 8.44. The Morgan fingerprint density at radius 3 is 2.16 bits per heavy atom. The molecule has 0 radical (unpaired) electrons. The summed E-state index contributed by atoms with van der Waals surface area (Å²) in [5, 5.41) is 2.17. The Morgan fingerprint density at radius 1 is 0.720 bits per heavy atom. The Balaban J connectivity index is 1.44. The highest BCUT2D eigenvalue weighted by Gasteiger charge is 2.34. The number of pyridine rings is 1.